The van der Waals surface area contributed by atoms with Gasteiger partial charge in [-0.05, 0) is 43.3 Å². The Hall–Kier alpha value is -2.67. The van der Waals surface area contributed by atoms with Crippen molar-refractivity contribution in [3.63, 3.8) is 0 Å². The van der Waals surface area contributed by atoms with E-state index in [9.17, 15) is 0 Å². The highest BCUT2D eigenvalue weighted by Gasteiger charge is 2.09. The Morgan fingerprint density at radius 1 is 1.17 bits per heavy atom. The zero-order chi connectivity index (χ0) is 12.5. The number of rotatable bonds is 1. The maximum atomic E-state index is 8.80. The van der Waals surface area contributed by atoms with E-state index in [0.717, 1.165) is 22.7 Å². The summed E-state index contributed by atoms with van der Waals surface area (Å²) in [6.45, 7) is 1.94. The summed E-state index contributed by atoms with van der Waals surface area (Å²) in [6, 6.07) is 13.3. The molecule has 0 saturated heterocycles. The van der Waals surface area contributed by atoms with Crippen molar-refractivity contribution in [1.82, 2.24) is 14.5 Å². The molecule has 3 aromatic rings. The molecule has 0 bridgehead atoms. The SMILES string of the molecule is Cc1nc2cccnc2n1-c1ccc(C#N)cc1. The molecule has 18 heavy (non-hydrogen) atoms. The Labute approximate surface area is 104 Å². The van der Waals surface area contributed by atoms with Crippen LogP contribution < -0.4 is 0 Å². The molecule has 1 aromatic carbocycles. The Kier molecular flexibility index (Phi) is 2.31. The smallest absolute Gasteiger partial charge is 0.164 e. The van der Waals surface area contributed by atoms with Crippen molar-refractivity contribution in [3.05, 3.63) is 54.0 Å². The summed E-state index contributed by atoms with van der Waals surface area (Å²) in [4.78, 5) is 8.82. The summed E-state index contributed by atoms with van der Waals surface area (Å²) in [7, 11) is 0. The largest absolute Gasteiger partial charge is 0.281 e. The van der Waals surface area contributed by atoms with Crippen LogP contribution in [0.15, 0.2) is 42.6 Å². The molecule has 4 nitrogen and oxygen atoms in total. The minimum absolute atomic E-state index is 0.647. The molecule has 86 valence electrons. The third-order valence-electron chi connectivity index (χ3n) is 2.84. The van der Waals surface area contributed by atoms with Crippen LogP contribution in [-0.2, 0) is 0 Å². The van der Waals surface area contributed by atoms with E-state index >= 15 is 0 Å². The van der Waals surface area contributed by atoms with Gasteiger partial charge in [0.2, 0.25) is 0 Å². The molecule has 0 saturated carbocycles. The number of aryl methyl sites for hydroxylation is 1. The summed E-state index contributed by atoms with van der Waals surface area (Å²) in [5.74, 6) is 0.883. The van der Waals surface area contributed by atoms with Crippen LogP contribution in [-0.4, -0.2) is 14.5 Å². The fourth-order valence-corrected chi connectivity index (χ4v) is 2.02. The molecule has 0 N–H and O–H groups in total. The molecule has 0 unspecified atom stereocenters. The molecule has 0 aliphatic rings. The van der Waals surface area contributed by atoms with E-state index in [1.165, 1.54) is 0 Å². The normalized spacial score (nSPS) is 10.4. The lowest BCUT2D eigenvalue weighted by Gasteiger charge is -2.05. The number of nitriles is 1. The van der Waals surface area contributed by atoms with Crippen LogP contribution in [0.4, 0.5) is 0 Å². The zero-order valence-corrected chi connectivity index (χ0v) is 9.83. The van der Waals surface area contributed by atoms with Crippen LogP contribution in [0.2, 0.25) is 0 Å². The van der Waals surface area contributed by atoms with E-state index in [1.54, 1.807) is 18.3 Å². The topological polar surface area (TPSA) is 54.5 Å². The van der Waals surface area contributed by atoms with Crippen molar-refractivity contribution in [2.24, 2.45) is 0 Å². The minimum Gasteiger partial charge on any atom is -0.281 e. The van der Waals surface area contributed by atoms with Gasteiger partial charge in [-0.3, -0.25) is 4.57 Å². The number of benzene rings is 1. The molecule has 2 heterocycles. The van der Waals surface area contributed by atoms with Gasteiger partial charge in [-0.15, -0.1) is 0 Å². The van der Waals surface area contributed by atoms with Crippen LogP contribution in [0.1, 0.15) is 11.4 Å². The van der Waals surface area contributed by atoms with E-state index in [0.29, 0.717) is 5.56 Å². The first-order valence-corrected chi connectivity index (χ1v) is 5.60. The average Bonchev–Trinajstić information content (AvgIpc) is 2.75. The standard InChI is InChI=1S/C14H10N4/c1-10-17-13-3-2-8-16-14(13)18(10)12-6-4-11(9-15)5-7-12/h2-8H,1H3. The van der Waals surface area contributed by atoms with Gasteiger partial charge in [-0.25, -0.2) is 9.97 Å². The Bertz CT molecular complexity index is 748. The number of nitrogens with zero attached hydrogens (tertiary/aromatic N) is 4. The lowest BCUT2D eigenvalue weighted by Crippen LogP contribution is -1.97. The van der Waals surface area contributed by atoms with Gasteiger partial charge < -0.3 is 0 Å². The third kappa shape index (κ3) is 1.54. The monoisotopic (exact) mass is 234 g/mol. The lowest BCUT2D eigenvalue weighted by atomic mass is 10.2. The molecule has 0 fully saturated rings. The van der Waals surface area contributed by atoms with E-state index in [2.05, 4.69) is 16.0 Å². The second-order valence-electron chi connectivity index (χ2n) is 4.00. The van der Waals surface area contributed by atoms with E-state index in [1.807, 2.05) is 35.8 Å². The molecule has 2 aromatic heterocycles. The van der Waals surface area contributed by atoms with Gasteiger partial charge in [0.05, 0.1) is 11.6 Å². The molecule has 0 amide bonds. The molecule has 0 atom stereocenters. The molecule has 0 aliphatic carbocycles. The maximum absolute atomic E-state index is 8.80. The highest BCUT2D eigenvalue weighted by atomic mass is 15.1. The Morgan fingerprint density at radius 2 is 1.94 bits per heavy atom. The Balaban J connectivity index is 2.24. The molecule has 0 radical (unpaired) electrons. The van der Waals surface area contributed by atoms with Gasteiger partial charge in [0.15, 0.2) is 5.65 Å². The van der Waals surface area contributed by atoms with Crippen molar-refractivity contribution in [1.29, 1.82) is 5.26 Å². The van der Waals surface area contributed by atoms with Crippen LogP contribution in [0.5, 0.6) is 0 Å². The fourth-order valence-electron chi connectivity index (χ4n) is 2.02. The summed E-state index contributed by atoms with van der Waals surface area (Å²) >= 11 is 0. The molecule has 4 heteroatoms. The zero-order valence-electron chi connectivity index (χ0n) is 9.83. The molecule has 3 rings (SSSR count). The van der Waals surface area contributed by atoms with Crippen molar-refractivity contribution in [2.75, 3.05) is 0 Å². The summed E-state index contributed by atoms with van der Waals surface area (Å²) in [5.41, 5.74) is 3.32. The average molecular weight is 234 g/mol. The fraction of sp³-hybridized carbons (Fsp3) is 0.0714. The summed E-state index contributed by atoms with van der Waals surface area (Å²) < 4.78 is 1.98. The van der Waals surface area contributed by atoms with Crippen LogP contribution in [0.3, 0.4) is 0 Å². The summed E-state index contributed by atoms with van der Waals surface area (Å²) in [6.07, 6.45) is 1.75. The van der Waals surface area contributed by atoms with Gasteiger partial charge in [0, 0.05) is 11.9 Å². The van der Waals surface area contributed by atoms with Gasteiger partial charge in [0.1, 0.15) is 11.3 Å². The quantitative estimate of drug-likeness (QED) is 0.650. The Morgan fingerprint density at radius 3 is 2.67 bits per heavy atom. The number of fused-ring (bicyclic) bond motifs is 1. The minimum atomic E-state index is 0.647. The number of pyridine rings is 1. The highest BCUT2D eigenvalue weighted by Crippen LogP contribution is 2.19. The predicted octanol–water partition coefficient (Wildman–Crippen LogP) is 2.60. The van der Waals surface area contributed by atoms with Crippen molar-refractivity contribution < 1.29 is 0 Å². The number of aromatic nitrogens is 3. The van der Waals surface area contributed by atoms with E-state index in [4.69, 9.17) is 5.26 Å². The predicted molar refractivity (Wildman–Crippen MR) is 68.3 cm³/mol. The first-order chi connectivity index (χ1) is 8.79. The van der Waals surface area contributed by atoms with E-state index < -0.39 is 0 Å². The first kappa shape index (κ1) is 10.5. The first-order valence-electron chi connectivity index (χ1n) is 5.60. The van der Waals surface area contributed by atoms with Crippen molar-refractivity contribution >= 4 is 11.2 Å². The molecule has 0 aliphatic heterocycles. The highest BCUT2D eigenvalue weighted by molar-refractivity contribution is 5.73. The summed E-state index contributed by atoms with van der Waals surface area (Å²) in [5, 5.41) is 8.80. The molecule has 0 spiro atoms. The number of imidazole rings is 1. The van der Waals surface area contributed by atoms with Gasteiger partial charge in [-0.1, -0.05) is 0 Å². The van der Waals surface area contributed by atoms with Gasteiger partial charge >= 0.3 is 0 Å². The van der Waals surface area contributed by atoms with Gasteiger partial charge in [-0.2, -0.15) is 5.26 Å². The second kappa shape index (κ2) is 3.97. The van der Waals surface area contributed by atoms with E-state index in [-0.39, 0.29) is 0 Å². The lowest BCUT2D eigenvalue weighted by molar-refractivity contribution is 0.987. The molecular formula is C14H10N4. The van der Waals surface area contributed by atoms with Crippen LogP contribution >= 0.6 is 0 Å². The van der Waals surface area contributed by atoms with Crippen molar-refractivity contribution in [2.45, 2.75) is 6.92 Å². The van der Waals surface area contributed by atoms with Gasteiger partial charge in [0.25, 0.3) is 0 Å². The second-order valence-corrected chi connectivity index (χ2v) is 4.00. The number of hydrogen-bond donors (Lipinski definition) is 0. The van der Waals surface area contributed by atoms with Crippen LogP contribution in [0.25, 0.3) is 16.9 Å². The van der Waals surface area contributed by atoms with Crippen molar-refractivity contribution in [3.8, 4) is 11.8 Å². The third-order valence-corrected chi connectivity index (χ3v) is 2.84. The van der Waals surface area contributed by atoms with Crippen LogP contribution in [0, 0.1) is 18.3 Å². The molecular weight excluding hydrogens is 224 g/mol. The number of hydrogen-bond acceptors (Lipinski definition) is 3. The maximum Gasteiger partial charge on any atom is 0.164 e.